The number of fused-ring (bicyclic) bond motifs is 1. The number of ether oxygens (including phenoxy) is 1. The number of halogens is 3. The molecule has 2 unspecified atom stereocenters. The third-order valence-corrected chi connectivity index (χ3v) is 5.09. The average Bonchev–Trinajstić information content (AvgIpc) is 2.89. The third-order valence-electron chi connectivity index (χ3n) is 4.37. The highest BCUT2D eigenvalue weighted by molar-refractivity contribution is 8.00. The van der Waals surface area contributed by atoms with Crippen molar-refractivity contribution < 1.29 is 27.5 Å². The summed E-state index contributed by atoms with van der Waals surface area (Å²) in [7, 11) is 0. The van der Waals surface area contributed by atoms with E-state index in [1.54, 1.807) is 31.7 Å². The van der Waals surface area contributed by atoms with Crippen LogP contribution in [0, 0.1) is 0 Å². The summed E-state index contributed by atoms with van der Waals surface area (Å²) >= 11 is -0.226. The van der Waals surface area contributed by atoms with Gasteiger partial charge in [0.1, 0.15) is 17.7 Å². The topological polar surface area (TPSA) is 61.9 Å². The second-order valence-electron chi connectivity index (χ2n) is 7.69. The van der Waals surface area contributed by atoms with Crippen molar-refractivity contribution in [3.63, 3.8) is 0 Å². The van der Waals surface area contributed by atoms with Crippen LogP contribution < -0.4 is 10.2 Å². The van der Waals surface area contributed by atoms with E-state index < -0.39 is 29.2 Å². The van der Waals surface area contributed by atoms with E-state index >= 15 is 0 Å². The van der Waals surface area contributed by atoms with Gasteiger partial charge in [-0.3, -0.25) is 19.4 Å². The molecule has 1 aromatic carbocycles. The molecule has 0 aromatic heterocycles. The van der Waals surface area contributed by atoms with E-state index in [4.69, 9.17) is 4.74 Å². The Morgan fingerprint density at radius 2 is 1.96 bits per heavy atom. The van der Waals surface area contributed by atoms with Crippen molar-refractivity contribution in [3.8, 4) is 0 Å². The molecule has 28 heavy (non-hydrogen) atoms. The van der Waals surface area contributed by atoms with Crippen LogP contribution in [0.1, 0.15) is 20.8 Å². The second kappa shape index (κ2) is 7.57. The quantitative estimate of drug-likeness (QED) is 0.603. The first kappa shape index (κ1) is 20.9. The fraction of sp³-hybridized carbons (Fsp3) is 0.556. The van der Waals surface area contributed by atoms with E-state index in [0.29, 0.717) is 18.8 Å². The van der Waals surface area contributed by atoms with Gasteiger partial charge in [-0.05, 0) is 50.7 Å². The van der Waals surface area contributed by atoms with Gasteiger partial charge in [-0.1, -0.05) is 6.07 Å². The molecule has 2 saturated heterocycles. The Labute approximate surface area is 165 Å². The van der Waals surface area contributed by atoms with Crippen molar-refractivity contribution in [3.05, 3.63) is 24.3 Å². The maximum absolute atomic E-state index is 12.9. The van der Waals surface area contributed by atoms with Gasteiger partial charge in [0.15, 0.2) is 0 Å². The van der Waals surface area contributed by atoms with Crippen LogP contribution in [0.4, 0.5) is 18.9 Å². The monoisotopic (exact) mass is 417 g/mol. The predicted octanol–water partition coefficient (Wildman–Crippen LogP) is 2.59. The van der Waals surface area contributed by atoms with Gasteiger partial charge in [0.25, 0.3) is 0 Å². The number of anilines is 1. The molecule has 2 aliphatic rings. The van der Waals surface area contributed by atoms with Crippen LogP contribution >= 0.6 is 11.8 Å². The van der Waals surface area contributed by atoms with Crippen molar-refractivity contribution in [2.24, 2.45) is 0 Å². The summed E-state index contributed by atoms with van der Waals surface area (Å²) in [6.07, 6.45) is 0. The smallest absolute Gasteiger partial charge is 0.446 e. The molecular weight excluding hydrogens is 395 g/mol. The molecule has 0 aliphatic carbocycles. The number of rotatable bonds is 3. The van der Waals surface area contributed by atoms with Crippen LogP contribution in [0.2, 0.25) is 0 Å². The second-order valence-corrected chi connectivity index (χ2v) is 8.83. The van der Waals surface area contributed by atoms with E-state index in [2.05, 4.69) is 5.32 Å². The number of amides is 1. The zero-order chi connectivity index (χ0) is 20.7. The lowest BCUT2D eigenvalue weighted by molar-refractivity contribution is -0.162. The SMILES string of the molecule is CC(C)(C)OC(=O)C1CNCC2C(=O)N(c3cccc(SC(F)(F)F)c3)CN12. The largest absolute Gasteiger partial charge is 0.459 e. The third kappa shape index (κ3) is 4.79. The van der Waals surface area contributed by atoms with Crippen molar-refractivity contribution in [1.82, 2.24) is 10.2 Å². The minimum atomic E-state index is -4.41. The molecule has 2 aliphatic heterocycles. The van der Waals surface area contributed by atoms with E-state index in [0.717, 1.165) is 0 Å². The summed E-state index contributed by atoms with van der Waals surface area (Å²) in [6, 6.07) is 4.56. The van der Waals surface area contributed by atoms with Gasteiger partial charge in [0.2, 0.25) is 5.91 Å². The molecule has 2 atom stereocenters. The Balaban J connectivity index is 1.80. The molecule has 1 amide bonds. The van der Waals surface area contributed by atoms with Gasteiger partial charge in [-0.25, -0.2) is 0 Å². The normalized spacial score (nSPS) is 23.6. The van der Waals surface area contributed by atoms with E-state index in [-0.39, 0.29) is 29.2 Å². The molecule has 3 rings (SSSR count). The summed E-state index contributed by atoms with van der Waals surface area (Å²) in [5, 5.41) is 3.07. The Hall–Kier alpha value is -1.78. The van der Waals surface area contributed by atoms with Crippen molar-refractivity contribution in [2.75, 3.05) is 24.7 Å². The van der Waals surface area contributed by atoms with Crippen molar-refractivity contribution >= 4 is 29.3 Å². The number of hydrogen-bond donors (Lipinski definition) is 1. The Bertz CT molecular complexity index is 766. The van der Waals surface area contributed by atoms with E-state index in [1.165, 1.54) is 23.1 Å². The number of esters is 1. The first-order valence-corrected chi connectivity index (χ1v) is 9.63. The van der Waals surface area contributed by atoms with Crippen molar-refractivity contribution in [2.45, 2.75) is 48.9 Å². The number of nitrogens with one attached hydrogen (secondary N) is 1. The molecule has 2 fully saturated rings. The van der Waals surface area contributed by atoms with Crippen LogP contribution in [0.15, 0.2) is 29.2 Å². The minimum absolute atomic E-state index is 0.00416. The molecule has 0 bridgehead atoms. The number of thioether (sulfide) groups is 1. The molecule has 1 aromatic rings. The zero-order valence-electron chi connectivity index (χ0n) is 15.7. The zero-order valence-corrected chi connectivity index (χ0v) is 16.6. The standard InChI is InChI=1S/C18H22F3N3O3S/c1-17(2,3)27-16(26)14-9-22-8-13-15(25)23(10-24(13)14)11-5-4-6-12(7-11)28-18(19,20)21/h4-7,13-14,22H,8-10H2,1-3H3. The van der Waals surface area contributed by atoms with Gasteiger partial charge in [0.05, 0.1) is 6.67 Å². The van der Waals surface area contributed by atoms with Crippen LogP contribution in [-0.2, 0) is 14.3 Å². The summed E-state index contributed by atoms with van der Waals surface area (Å²) in [5.74, 6) is -0.685. The number of carbonyl (C=O) groups is 2. The first-order chi connectivity index (χ1) is 12.9. The lowest BCUT2D eigenvalue weighted by atomic mass is 10.1. The molecular formula is C18H22F3N3O3S. The number of nitrogens with zero attached hydrogens (tertiary/aromatic N) is 2. The summed E-state index contributed by atoms with van der Waals surface area (Å²) in [5.41, 5.74) is -4.69. The van der Waals surface area contributed by atoms with Crippen LogP contribution in [-0.4, -0.2) is 59.7 Å². The Morgan fingerprint density at radius 1 is 1.25 bits per heavy atom. The molecule has 6 nitrogen and oxygen atoms in total. The van der Waals surface area contributed by atoms with Crippen LogP contribution in [0.5, 0.6) is 0 Å². The summed E-state index contributed by atoms with van der Waals surface area (Å²) in [4.78, 5) is 28.6. The van der Waals surface area contributed by atoms with Gasteiger partial charge in [-0.2, -0.15) is 13.2 Å². The van der Waals surface area contributed by atoms with Gasteiger partial charge in [0, 0.05) is 23.7 Å². The number of piperazine rings is 1. The van der Waals surface area contributed by atoms with Gasteiger partial charge < -0.3 is 10.1 Å². The van der Waals surface area contributed by atoms with Crippen molar-refractivity contribution in [1.29, 1.82) is 0 Å². The highest BCUT2D eigenvalue weighted by atomic mass is 32.2. The summed E-state index contributed by atoms with van der Waals surface area (Å²) in [6.45, 7) is 6.13. The number of hydrogen-bond acceptors (Lipinski definition) is 6. The van der Waals surface area contributed by atoms with E-state index in [9.17, 15) is 22.8 Å². The summed E-state index contributed by atoms with van der Waals surface area (Å²) < 4.78 is 43.4. The maximum Gasteiger partial charge on any atom is 0.446 e. The van der Waals surface area contributed by atoms with Gasteiger partial charge >= 0.3 is 11.5 Å². The highest BCUT2D eigenvalue weighted by Crippen LogP contribution is 2.38. The Morgan fingerprint density at radius 3 is 2.61 bits per heavy atom. The molecule has 2 heterocycles. The first-order valence-electron chi connectivity index (χ1n) is 8.81. The highest BCUT2D eigenvalue weighted by Gasteiger charge is 2.47. The lowest BCUT2D eigenvalue weighted by Crippen LogP contribution is -2.60. The van der Waals surface area contributed by atoms with Crippen LogP contribution in [0.25, 0.3) is 0 Å². The molecule has 10 heteroatoms. The molecule has 0 radical (unpaired) electrons. The van der Waals surface area contributed by atoms with Gasteiger partial charge in [-0.15, -0.1) is 0 Å². The minimum Gasteiger partial charge on any atom is -0.459 e. The fourth-order valence-corrected chi connectivity index (χ4v) is 3.89. The lowest BCUT2D eigenvalue weighted by Gasteiger charge is -2.35. The van der Waals surface area contributed by atoms with Crippen LogP contribution in [0.3, 0.4) is 0 Å². The molecule has 0 spiro atoms. The number of benzene rings is 1. The molecule has 154 valence electrons. The predicted molar refractivity (Wildman–Crippen MR) is 98.8 cm³/mol. The Kier molecular flexibility index (Phi) is 5.66. The average molecular weight is 417 g/mol. The van der Waals surface area contributed by atoms with E-state index in [1.807, 2.05) is 0 Å². The molecule has 0 saturated carbocycles. The number of alkyl halides is 3. The molecule has 1 N–H and O–H groups in total. The fourth-order valence-electron chi connectivity index (χ4n) is 3.29. The maximum atomic E-state index is 12.9. The number of carbonyl (C=O) groups excluding carboxylic acids is 2.